The maximum absolute atomic E-state index is 9.58. The molecule has 2 aromatic carbocycles. The Bertz CT molecular complexity index is 582. The van der Waals surface area contributed by atoms with E-state index in [0.717, 1.165) is 6.42 Å². The zero-order valence-electron chi connectivity index (χ0n) is 11.0. The summed E-state index contributed by atoms with van der Waals surface area (Å²) in [5.74, 6) is 0.563. The molecule has 3 aliphatic rings. The van der Waals surface area contributed by atoms with Gasteiger partial charge in [0.05, 0.1) is 0 Å². The van der Waals surface area contributed by atoms with E-state index < -0.39 is 0 Å². The fourth-order valence-electron chi connectivity index (χ4n) is 4.34. The summed E-state index contributed by atoms with van der Waals surface area (Å²) in [5, 5.41) is 9.58. The number of hydrogen-bond acceptors (Lipinski definition) is 1. The maximum Gasteiger partial charge on any atom is 0.0442 e. The summed E-state index contributed by atoms with van der Waals surface area (Å²) >= 11 is 0. The second-order valence-electron chi connectivity index (χ2n) is 5.82. The molecule has 0 unspecified atom stereocenters. The molecular weight excluding hydrogens is 232 g/mol. The Hall–Kier alpha value is -1.60. The standard InChI is InChI=1S/C18H18O/c19-12-11-18-10-9-13(14-5-1-3-7-16(14)18)15-6-2-4-8-17(15)18/h1-8,13,19H,9-12H2. The van der Waals surface area contributed by atoms with Crippen LogP contribution in [0.5, 0.6) is 0 Å². The van der Waals surface area contributed by atoms with E-state index in [0.29, 0.717) is 5.92 Å². The van der Waals surface area contributed by atoms with Crippen molar-refractivity contribution < 1.29 is 5.11 Å². The van der Waals surface area contributed by atoms with E-state index in [-0.39, 0.29) is 12.0 Å². The second-order valence-corrected chi connectivity index (χ2v) is 5.82. The molecule has 0 atom stereocenters. The Kier molecular flexibility index (Phi) is 2.33. The van der Waals surface area contributed by atoms with Crippen LogP contribution in [-0.2, 0) is 5.41 Å². The summed E-state index contributed by atoms with van der Waals surface area (Å²) in [4.78, 5) is 0. The first-order valence-electron chi connectivity index (χ1n) is 7.16. The monoisotopic (exact) mass is 250 g/mol. The van der Waals surface area contributed by atoms with E-state index in [1.54, 1.807) is 0 Å². The fraction of sp³-hybridized carbons (Fsp3) is 0.333. The minimum Gasteiger partial charge on any atom is -0.396 e. The Morgan fingerprint density at radius 2 is 1.53 bits per heavy atom. The quantitative estimate of drug-likeness (QED) is 0.863. The van der Waals surface area contributed by atoms with Crippen molar-refractivity contribution in [3.63, 3.8) is 0 Å². The zero-order valence-corrected chi connectivity index (χ0v) is 11.0. The van der Waals surface area contributed by atoms with Crippen molar-refractivity contribution in [1.29, 1.82) is 0 Å². The van der Waals surface area contributed by atoms with E-state index in [9.17, 15) is 5.11 Å². The molecular formula is C18H18O. The van der Waals surface area contributed by atoms with Crippen LogP contribution in [0.15, 0.2) is 48.5 Å². The number of aliphatic hydroxyl groups excluding tert-OH is 1. The van der Waals surface area contributed by atoms with E-state index in [1.807, 2.05) is 0 Å². The zero-order chi connectivity index (χ0) is 12.9. The Labute approximate surface area is 113 Å². The molecule has 5 rings (SSSR count). The molecule has 0 aliphatic heterocycles. The highest BCUT2D eigenvalue weighted by Crippen LogP contribution is 2.57. The van der Waals surface area contributed by atoms with Gasteiger partial charge in [0.1, 0.15) is 0 Å². The van der Waals surface area contributed by atoms with Gasteiger partial charge in [0.15, 0.2) is 0 Å². The summed E-state index contributed by atoms with van der Waals surface area (Å²) in [6.07, 6.45) is 3.23. The third kappa shape index (κ3) is 1.34. The van der Waals surface area contributed by atoms with Gasteiger partial charge in [-0.05, 0) is 41.5 Å². The lowest BCUT2D eigenvalue weighted by Gasteiger charge is -2.49. The smallest absolute Gasteiger partial charge is 0.0442 e. The summed E-state index contributed by atoms with van der Waals surface area (Å²) in [5.41, 5.74) is 5.94. The highest BCUT2D eigenvalue weighted by Gasteiger charge is 2.47. The second kappa shape index (κ2) is 3.94. The molecule has 96 valence electrons. The number of hydrogen-bond donors (Lipinski definition) is 1. The van der Waals surface area contributed by atoms with Gasteiger partial charge in [-0.2, -0.15) is 0 Å². The molecule has 1 nitrogen and oxygen atoms in total. The number of rotatable bonds is 2. The molecule has 2 bridgehead atoms. The molecule has 0 aromatic heterocycles. The summed E-state index contributed by atoms with van der Waals surface area (Å²) in [7, 11) is 0. The van der Waals surface area contributed by atoms with Gasteiger partial charge in [0, 0.05) is 17.9 Å². The molecule has 0 amide bonds. The number of benzene rings is 2. The minimum atomic E-state index is 0.0523. The summed E-state index contributed by atoms with van der Waals surface area (Å²) in [6.45, 7) is 0.257. The lowest BCUT2D eigenvalue weighted by Crippen LogP contribution is -2.40. The lowest BCUT2D eigenvalue weighted by molar-refractivity contribution is 0.231. The van der Waals surface area contributed by atoms with Crippen molar-refractivity contribution in [3.8, 4) is 0 Å². The van der Waals surface area contributed by atoms with Crippen LogP contribution in [0.4, 0.5) is 0 Å². The maximum atomic E-state index is 9.58. The van der Waals surface area contributed by atoms with Crippen LogP contribution in [0.2, 0.25) is 0 Å². The summed E-state index contributed by atoms with van der Waals surface area (Å²) < 4.78 is 0. The van der Waals surface area contributed by atoms with E-state index >= 15 is 0 Å². The third-order valence-corrected chi connectivity index (χ3v) is 5.10. The van der Waals surface area contributed by atoms with E-state index in [4.69, 9.17) is 0 Å². The van der Waals surface area contributed by atoms with Gasteiger partial charge >= 0.3 is 0 Å². The molecule has 3 aliphatic carbocycles. The number of fused-ring (bicyclic) bond motifs is 1. The van der Waals surface area contributed by atoms with Crippen molar-refractivity contribution in [2.24, 2.45) is 0 Å². The first-order valence-corrected chi connectivity index (χ1v) is 7.16. The Morgan fingerprint density at radius 1 is 0.947 bits per heavy atom. The van der Waals surface area contributed by atoms with Crippen molar-refractivity contribution >= 4 is 0 Å². The Morgan fingerprint density at radius 3 is 2.11 bits per heavy atom. The SMILES string of the molecule is OCCC12CCC(c3ccccc31)c1ccccc12. The molecule has 0 saturated carbocycles. The Balaban J connectivity index is 2.04. The molecule has 0 fully saturated rings. The number of aliphatic hydroxyl groups is 1. The highest BCUT2D eigenvalue weighted by atomic mass is 16.3. The molecule has 0 heterocycles. The van der Waals surface area contributed by atoms with Crippen LogP contribution in [0.25, 0.3) is 0 Å². The normalized spacial score (nSPS) is 26.9. The van der Waals surface area contributed by atoms with Gasteiger partial charge < -0.3 is 5.11 Å². The first-order chi connectivity index (χ1) is 9.37. The van der Waals surface area contributed by atoms with Crippen LogP contribution in [0, 0.1) is 0 Å². The largest absolute Gasteiger partial charge is 0.396 e. The predicted molar refractivity (Wildman–Crippen MR) is 76.4 cm³/mol. The van der Waals surface area contributed by atoms with Gasteiger partial charge in [-0.25, -0.2) is 0 Å². The topological polar surface area (TPSA) is 20.2 Å². The van der Waals surface area contributed by atoms with E-state index in [2.05, 4.69) is 48.5 Å². The van der Waals surface area contributed by atoms with Crippen LogP contribution < -0.4 is 0 Å². The average molecular weight is 250 g/mol. The van der Waals surface area contributed by atoms with Crippen molar-refractivity contribution in [3.05, 3.63) is 70.8 Å². The van der Waals surface area contributed by atoms with Gasteiger partial charge in [0.25, 0.3) is 0 Å². The molecule has 0 saturated heterocycles. The molecule has 1 heteroatoms. The van der Waals surface area contributed by atoms with Gasteiger partial charge in [0.2, 0.25) is 0 Å². The average Bonchev–Trinajstić information content (AvgIpc) is 2.49. The van der Waals surface area contributed by atoms with E-state index in [1.165, 1.54) is 35.1 Å². The summed E-state index contributed by atoms with van der Waals surface area (Å²) in [6, 6.07) is 17.7. The van der Waals surface area contributed by atoms with Crippen LogP contribution in [-0.4, -0.2) is 11.7 Å². The highest BCUT2D eigenvalue weighted by molar-refractivity contribution is 5.58. The third-order valence-electron chi connectivity index (χ3n) is 5.10. The lowest BCUT2D eigenvalue weighted by atomic mass is 9.54. The van der Waals surface area contributed by atoms with Gasteiger partial charge in [-0.3, -0.25) is 0 Å². The molecule has 19 heavy (non-hydrogen) atoms. The van der Waals surface area contributed by atoms with Gasteiger partial charge in [-0.1, -0.05) is 48.5 Å². The van der Waals surface area contributed by atoms with Gasteiger partial charge in [-0.15, -0.1) is 0 Å². The minimum absolute atomic E-state index is 0.0523. The molecule has 0 spiro atoms. The van der Waals surface area contributed by atoms with Crippen molar-refractivity contribution in [1.82, 2.24) is 0 Å². The van der Waals surface area contributed by atoms with Crippen LogP contribution >= 0.6 is 0 Å². The molecule has 0 radical (unpaired) electrons. The molecule has 1 N–H and O–H groups in total. The molecule has 2 aromatic rings. The van der Waals surface area contributed by atoms with Crippen LogP contribution in [0.1, 0.15) is 47.4 Å². The van der Waals surface area contributed by atoms with Crippen LogP contribution in [0.3, 0.4) is 0 Å². The fourth-order valence-corrected chi connectivity index (χ4v) is 4.34. The first kappa shape index (κ1) is 11.2. The van der Waals surface area contributed by atoms with Crippen molar-refractivity contribution in [2.75, 3.05) is 6.61 Å². The predicted octanol–water partition coefficient (Wildman–Crippen LogP) is 3.59. The van der Waals surface area contributed by atoms with Crippen molar-refractivity contribution in [2.45, 2.75) is 30.6 Å².